The molecule has 0 atom stereocenters. The van der Waals surface area contributed by atoms with Gasteiger partial charge in [-0.15, -0.1) is 0 Å². The zero-order valence-corrected chi connectivity index (χ0v) is 18.2. The van der Waals surface area contributed by atoms with Crippen molar-refractivity contribution in [3.8, 4) is 16.9 Å². The third-order valence-corrected chi connectivity index (χ3v) is 5.71. The van der Waals surface area contributed by atoms with Crippen LogP contribution in [0.3, 0.4) is 0 Å². The van der Waals surface area contributed by atoms with Gasteiger partial charge in [-0.1, -0.05) is 32.0 Å². The lowest BCUT2D eigenvalue weighted by atomic mass is 9.99. The van der Waals surface area contributed by atoms with Crippen LogP contribution in [0.2, 0.25) is 0 Å². The van der Waals surface area contributed by atoms with Crippen molar-refractivity contribution in [3.63, 3.8) is 0 Å². The van der Waals surface area contributed by atoms with E-state index < -0.39 is 34.5 Å². The topological polar surface area (TPSA) is 109 Å². The molecule has 2 aromatic carbocycles. The summed E-state index contributed by atoms with van der Waals surface area (Å²) in [4.78, 5) is 44.9. The van der Waals surface area contributed by atoms with Crippen LogP contribution in [-0.2, 0) is 4.79 Å². The number of anilines is 2. The predicted molar refractivity (Wildman–Crippen MR) is 125 cm³/mol. The normalized spacial score (nSPS) is 13.0. The highest BCUT2D eigenvalue weighted by Crippen LogP contribution is 2.35. The van der Waals surface area contributed by atoms with Gasteiger partial charge in [-0.3, -0.25) is 14.6 Å². The van der Waals surface area contributed by atoms with Gasteiger partial charge in [-0.2, -0.15) is 0 Å². The number of hydrogen-bond acceptors (Lipinski definition) is 5. The standard InChI is InChI=1S/C24H19F2N5O3/c1-11(2)12-5-3-8-17-21(12)31-22-13(23(33)30-24(31)34)9-15(26)20(29-22)19-14(25)6-4-7-16(19)28-18(32)10-27-17/h3-9,11,27H,10H2,1-2H3,(H,28,32)(H,30,33,34). The SMILES string of the molecule is CC(C)c1cccc2c1-n1c(=O)[nH]c(=O)c3cc(F)c(nc31)-c1c(F)cccc1NC(=O)CN2. The molecule has 0 spiro atoms. The zero-order valence-electron chi connectivity index (χ0n) is 18.2. The van der Waals surface area contributed by atoms with E-state index in [2.05, 4.69) is 20.6 Å². The molecule has 0 fully saturated rings. The third kappa shape index (κ3) is 3.35. The summed E-state index contributed by atoms with van der Waals surface area (Å²) >= 11 is 0. The van der Waals surface area contributed by atoms with Gasteiger partial charge in [0.2, 0.25) is 5.91 Å². The Morgan fingerprint density at radius 3 is 2.50 bits per heavy atom. The zero-order chi connectivity index (χ0) is 24.1. The number of fused-ring (bicyclic) bond motifs is 5. The first kappa shape index (κ1) is 21.5. The van der Waals surface area contributed by atoms with E-state index in [1.165, 1.54) is 12.1 Å². The molecule has 0 aliphatic carbocycles. The van der Waals surface area contributed by atoms with E-state index in [1.54, 1.807) is 18.2 Å². The van der Waals surface area contributed by atoms with Crippen molar-refractivity contribution < 1.29 is 13.6 Å². The van der Waals surface area contributed by atoms with Crippen LogP contribution >= 0.6 is 0 Å². The Labute approximate surface area is 191 Å². The Bertz CT molecular complexity index is 1610. The number of aromatic amines is 1. The molecule has 2 aromatic heterocycles. The lowest BCUT2D eigenvalue weighted by molar-refractivity contribution is -0.114. The molecule has 3 N–H and O–H groups in total. The second-order valence-corrected chi connectivity index (χ2v) is 8.25. The van der Waals surface area contributed by atoms with E-state index in [-0.39, 0.29) is 34.7 Å². The number of carbonyl (C=O) groups excluding carboxylic acids is 1. The van der Waals surface area contributed by atoms with Crippen molar-refractivity contribution in [2.24, 2.45) is 0 Å². The molecule has 4 aromatic rings. The largest absolute Gasteiger partial charge is 0.374 e. The minimum atomic E-state index is -0.976. The second-order valence-electron chi connectivity index (χ2n) is 8.25. The van der Waals surface area contributed by atoms with Crippen LogP contribution in [0.4, 0.5) is 20.2 Å². The third-order valence-electron chi connectivity index (χ3n) is 5.71. The van der Waals surface area contributed by atoms with Crippen molar-refractivity contribution in [2.45, 2.75) is 19.8 Å². The number of aromatic nitrogens is 3. The van der Waals surface area contributed by atoms with Gasteiger partial charge in [-0.25, -0.2) is 23.1 Å². The number of pyridine rings is 1. The maximum absolute atomic E-state index is 15.2. The van der Waals surface area contributed by atoms with Crippen molar-refractivity contribution in [1.82, 2.24) is 14.5 Å². The fourth-order valence-electron chi connectivity index (χ4n) is 4.17. The number of nitrogens with one attached hydrogen (secondary N) is 3. The Kier molecular flexibility index (Phi) is 5.00. The molecular weight excluding hydrogens is 444 g/mol. The van der Waals surface area contributed by atoms with Gasteiger partial charge in [0.25, 0.3) is 5.56 Å². The van der Waals surface area contributed by atoms with E-state index in [4.69, 9.17) is 0 Å². The molecular formula is C24H19F2N5O3. The molecule has 10 heteroatoms. The molecule has 1 aliphatic heterocycles. The average molecular weight is 463 g/mol. The van der Waals surface area contributed by atoms with Gasteiger partial charge >= 0.3 is 5.69 Å². The van der Waals surface area contributed by atoms with E-state index in [9.17, 15) is 18.8 Å². The maximum Gasteiger partial charge on any atom is 0.334 e. The van der Waals surface area contributed by atoms with Gasteiger partial charge < -0.3 is 10.6 Å². The van der Waals surface area contributed by atoms with Crippen LogP contribution in [0.1, 0.15) is 25.3 Å². The number of carbonyl (C=O) groups is 1. The highest BCUT2D eigenvalue weighted by Gasteiger charge is 2.25. The Morgan fingerprint density at radius 1 is 1.00 bits per heavy atom. The lowest BCUT2D eigenvalue weighted by Gasteiger charge is -2.22. The Hall–Kier alpha value is -4.34. The fraction of sp³-hybridized carbons (Fsp3) is 0.167. The molecule has 1 amide bonds. The summed E-state index contributed by atoms with van der Waals surface area (Å²) in [5.41, 5.74) is -0.953. The monoisotopic (exact) mass is 463 g/mol. The molecule has 172 valence electrons. The summed E-state index contributed by atoms with van der Waals surface area (Å²) in [6.07, 6.45) is 0. The first-order chi connectivity index (χ1) is 16.3. The van der Waals surface area contributed by atoms with Gasteiger partial charge in [0.15, 0.2) is 11.5 Å². The number of hydrogen-bond donors (Lipinski definition) is 3. The van der Waals surface area contributed by atoms with Crippen LogP contribution in [0, 0.1) is 11.6 Å². The molecule has 0 radical (unpaired) electrons. The van der Waals surface area contributed by atoms with Crippen LogP contribution in [-0.4, -0.2) is 27.0 Å². The van der Waals surface area contributed by atoms with Crippen molar-refractivity contribution in [2.75, 3.05) is 17.2 Å². The molecule has 0 unspecified atom stereocenters. The van der Waals surface area contributed by atoms with E-state index in [1.807, 2.05) is 13.8 Å². The summed E-state index contributed by atoms with van der Waals surface area (Å²) < 4.78 is 31.3. The number of para-hydroxylation sites is 1. The molecule has 5 rings (SSSR count). The summed E-state index contributed by atoms with van der Waals surface area (Å²) in [6.45, 7) is 3.62. The summed E-state index contributed by atoms with van der Waals surface area (Å²) in [7, 11) is 0. The number of nitrogens with zero attached hydrogens (tertiary/aromatic N) is 2. The molecule has 3 heterocycles. The smallest absolute Gasteiger partial charge is 0.334 e. The van der Waals surface area contributed by atoms with Gasteiger partial charge in [0, 0.05) is 0 Å². The minimum absolute atomic E-state index is 0.00742. The summed E-state index contributed by atoms with van der Waals surface area (Å²) in [6, 6.07) is 10.1. The number of halogens is 2. The highest BCUT2D eigenvalue weighted by molar-refractivity contribution is 5.98. The highest BCUT2D eigenvalue weighted by atomic mass is 19.1. The second kappa shape index (κ2) is 7.91. The first-order valence-electron chi connectivity index (χ1n) is 10.6. The van der Waals surface area contributed by atoms with Gasteiger partial charge in [-0.05, 0) is 35.7 Å². The fourth-order valence-corrected chi connectivity index (χ4v) is 4.17. The van der Waals surface area contributed by atoms with Crippen molar-refractivity contribution in [1.29, 1.82) is 0 Å². The van der Waals surface area contributed by atoms with Crippen molar-refractivity contribution in [3.05, 3.63) is 80.5 Å². The Balaban J connectivity index is 2.01. The van der Waals surface area contributed by atoms with Gasteiger partial charge in [0.1, 0.15) is 11.5 Å². The predicted octanol–water partition coefficient (Wildman–Crippen LogP) is 3.51. The molecule has 2 bridgehead atoms. The summed E-state index contributed by atoms with van der Waals surface area (Å²) in [5.74, 6) is -2.37. The lowest BCUT2D eigenvalue weighted by Crippen LogP contribution is -2.32. The molecule has 8 nitrogen and oxygen atoms in total. The van der Waals surface area contributed by atoms with E-state index in [0.29, 0.717) is 11.4 Å². The molecule has 34 heavy (non-hydrogen) atoms. The number of H-pyrrole nitrogens is 1. The van der Waals surface area contributed by atoms with Crippen molar-refractivity contribution >= 4 is 28.3 Å². The molecule has 1 aliphatic rings. The minimum Gasteiger partial charge on any atom is -0.374 e. The number of rotatable bonds is 1. The number of amides is 1. The first-order valence-corrected chi connectivity index (χ1v) is 10.6. The van der Waals surface area contributed by atoms with Crippen LogP contribution in [0.25, 0.3) is 28.0 Å². The van der Waals surface area contributed by atoms with E-state index in [0.717, 1.165) is 22.3 Å². The quantitative estimate of drug-likeness (QED) is 0.400. The molecule has 0 saturated carbocycles. The van der Waals surface area contributed by atoms with Crippen LogP contribution < -0.4 is 21.9 Å². The van der Waals surface area contributed by atoms with E-state index >= 15 is 4.39 Å². The van der Waals surface area contributed by atoms with Gasteiger partial charge in [0.05, 0.1) is 34.6 Å². The van der Waals surface area contributed by atoms with Crippen LogP contribution in [0.15, 0.2) is 52.1 Å². The van der Waals surface area contributed by atoms with Crippen LogP contribution in [0.5, 0.6) is 0 Å². The molecule has 0 saturated heterocycles. The summed E-state index contributed by atoms with van der Waals surface area (Å²) in [5, 5.41) is 5.43. The number of benzene rings is 2. The average Bonchev–Trinajstić information content (AvgIpc) is 2.78. The maximum atomic E-state index is 15.2. The Morgan fingerprint density at radius 2 is 1.74 bits per heavy atom.